The zero-order valence-electron chi connectivity index (χ0n) is 7.48. The molecule has 0 radical (unpaired) electrons. The first-order chi connectivity index (χ1) is 7.25. The van der Waals surface area contributed by atoms with Gasteiger partial charge in [0.25, 0.3) is 0 Å². The van der Waals surface area contributed by atoms with E-state index in [2.05, 4.69) is 4.98 Å². The molecule has 0 amide bonds. The second-order valence-corrected chi connectivity index (χ2v) is 2.98. The Balaban J connectivity index is 0.000000385. The van der Waals surface area contributed by atoms with Crippen LogP contribution in [0.3, 0.4) is 0 Å². The molecule has 0 heterocycles. The van der Waals surface area contributed by atoms with Gasteiger partial charge in [0.2, 0.25) is 5.39 Å². The molecule has 9 nitrogen and oxygen atoms in total. The minimum Gasteiger partial charge on any atom is -0.258 e. The molecule has 0 bridgehead atoms. The van der Waals surface area contributed by atoms with E-state index in [0.29, 0.717) is 0 Å². The van der Waals surface area contributed by atoms with Gasteiger partial charge in [-0.2, -0.15) is 0 Å². The van der Waals surface area contributed by atoms with E-state index in [1.165, 1.54) is 18.2 Å². The molecule has 10 heteroatoms. The fraction of sp³-hybridized carbons (Fsp3) is 0. The highest BCUT2D eigenvalue weighted by atomic mass is 35.7. The highest BCUT2D eigenvalue weighted by Crippen LogP contribution is 2.25. The molecule has 1 aromatic carbocycles. The first-order valence-electron chi connectivity index (χ1n) is 3.46. The monoisotopic (exact) mass is 249 g/mol. The highest BCUT2D eigenvalue weighted by Gasteiger charge is 2.22. The van der Waals surface area contributed by atoms with Crippen molar-refractivity contribution in [3.8, 4) is 0 Å². The van der Waals surface area contributed by atoms with Crippen LogP contribution in [0.5, 0.6) is 0 Å². The Bertz CT molecular complexity index is 405. The quantitative estimate of drug-likeness (QED) is 0.297. The number of para-hydroxylation sites is 1. The normalized spacial score (nSPS) is 9.69. The summed E-state index contributed by atoms with van der Waals surface area (Å²) < 4.78 is 34.0. The maximum Gasteiger partial charge on any atom is 0.461 e. The van der Waals surface area contributed by atoms with Crippen molar-refractivity contribution in [3.05, 3.63) is 39.4 Å². The largest absolute Gasteiger partial charge is 0.461 e. The van der Waals surface area contributed by atoms with Crippen LogP contribution in [0, 0.1) is 25.8 Å². The van der Waals surface area contributed by atoms with Crippen LogP contribution < -0.4 is 18.6 Å². The summed E-state index contributed by atoms with van der Waals surface area (Å²) in [6, 6.07) is 5.70. The number of rotatable bonds is 1. The number of hydrogen-bond acceptors (Lipinski definition) is 7. The maximum atomic E-state index is 10.2. The molecule has 0 aliphatic rings. The molecule has 0 saturated carbocycles. The van der Waals surface area contributed by atoms with Gasteiger partial charge in [0.1, 0.15) is 0 Å². The van der Waals surface area contributed by atoms with Crippen molar-refractivity contribution in [3.63, 3.8) is 0 Å². The Kier molecular flexibility index (Phi) is 5.23. The lowest BCUT2D eigenvalue weighted by Crippen LogP contribution is -2.68. The third kappa shape index (κ3) is 6.60. The van der Waals surface area contributed by atoms with Crippen molar-refractivity contribution in [2.24, 2.45) is 0 Å². The number of benzene rings is 1. The fourth-order valence-corrected chi connectivity index (χ4v) is 0.703. The second-order valence-electron chi connectivity index (χ2n) is 2.22. The van der Waals surface area contributed by atoms with E-state index in [9.17, 15) is 10.1 Å². The Morgan fingerprint density at radius 2 is 1.62 bits per heavy atom. The Morgan fingerprint density at radius 3 is 1.94 bits per heavy atom. The summed E-state index contributed by atoms with van der Waals surface area (Å²) in [5, 5.41) is 18.5. The predicted octanol–water partition coefficient (Wildman–Crippen LogP) is -2.68. The molecular weight excluding hydrogens is 246 g/mol. The van der Waals surface area contributed by atoms with E-state index >= 15 is 0 Å². The van der Waals surface area contributed by atoms with E-state index in [-0.39, 0.29) is 11.4 Å². The number of nitro benzene ring substituents is 1. The van der Waals surface area contributed by atoms with E-state index in [4.69, 9.17) is 24.0 Å². The maximum absolute atomic E-state index is 10.2. The van der Waals surface area contributed by atoms with Gasteiger partial charge in [0.15, 0.2) is 4.98 Å². The van der Waals surface area contributed by atoms with Gasteiger partial charge >= 0.3 is 11.4 Å². The third-order valence-corrected chi connectivity index (χ3v) is 1.19. The molecule has 0 saturated heterocycles. The number of nitro groups is 1. The van der Waals surface area contributed by atoms with Gasteiger partial charge < -0.3 is 0 Å². The van der Waals surface area contributed by atoms with Crippen molar-refractivity contribution in [1.29, 1.82) is 5.39 Å². The smallest absolute Gasteiger partial charge is 0.258 e. The van der Waals surface area contributed by atoms with Crippen LogP contribution in [0.1, 0.15) is 0 Å². The molecule has 0 N–H and O–H groups in total. The Hall–Kier alpha value is -1.83. The van der Waals surface area contributed by atoms with Gasteiger partial charge in [-0.25, -0.2) is 18.6 Å². The van der Waals surface area contributed by atoms with Crippen LogP contribution in [0.4, 0.5) is 11.4 Å². The molecule has 86 valence electrons. The van der Waals surface area contributed by atoms with Crippen LogP contribution in [0.15, 0.2) is 24.3 Å². The standard InChI is InChI=1S/C6H4N3O2.ClHO4/c7-8-5-3-1-2-4-6(5)9(10)11;2-1(3,4)5/h1-4H;(H,2,3,4,5)/q+1;/p-1. The lowest BCUT2D eigenvalue weighted by molar-refractivity contribution is -2.00. The second kappa shape index (κ2) is 5.91. The molecular formula is C6H4ClN3O6. The van der Waals surface area contributed by atoms with E-state index < -0.39 is 15.2 Å². The van der Waals surface area contributed by atoms with E-state index in [1.807, 2.05) is 0 Å². The molecule has 0 aromatic heterocycles. The van der Waals surface area contributed by atoms with Crippen molar-refractivity contribution in [1.82, 2.24) is 0 Å². The molecule has 0 spiro atoms. The topological polar surface area (TPSA) is 164 Å². The summed E-state index contributed by atoms with van der Waals surface area (Å²) in [6.45, 7) is 0. The average molecular weight is 250 g/mol. The number of hydrogen-bond donors (Lipinski definition) is 0. The van der Waals surface area contributed by atoms with Crippen LogP contribution in [-0.2, 0) is 0 Å². The molecule has 0 aliphatic carbocycles. The minimum absolute atomic E-state index is 0.0301. The van der Waals surface area contributed by atoms with Crippen LogP contribution >= 0.6 is 0 Å². The molecule has 0 aliphatic heterocycles. The lowest BCUT2D eigenvalue weighted by Gasteiger charge is -2.17. The van der Waals surface area contributed by atoms with Crippen molar-refractivity contribution in [2.45, 2.75) is 0 Å². The Labute approximate surface area is 90.7 Å². The minimum atomic E-state index is -4.94. The summed E-state index contributed by atoms with van der Waals surface area (Å²) in [5.41, 5.74) is -0.229. The lowest BCUT2D eigenvalue weighted by atomic mass is 10.3. The SMILES string of the molecule is N#[N+]c1ccccc1[N+](=O)[O-].[O-][Cl+3]([O-])([O-])[O-]. The molecule has 16 heavy (non-hydrogen) atoms. The fourth-order valence-electron chi connectivity index (χ4n) is 0.703. The van der Waals surface area contributed by atoms with Gasteiger partial charge in [-0.05, 0) is 0 Å². The number of diazo groups is 1. The van der Waals surface area contributed by atoms with Crippen LogP contribution in [0.2, 0.25) is 0 Å². The van der Waals surface area contributed by atoms with Gasteiger partial charge in [0, 0.05) is 12.1 Å². The summed E-state index contributed by atoms with van der Waals surface area (Å²) in [5.74, 6) is 0. The average Bonchev–Trinajstić information content (AvgIpc) is 2.15. The predicted molar refractivity (Wildman–Crippen MR) is 37.8 cm³/mol. The van der Waals surface area contributed by atoms with Crippen LogP contribution in [-0.4, -0.2) is 4.92 Å². The first kappa shape index (κ1) is 14.2. The summed E-state index contributed by atoms with van der Waals surface area (Å²) >= 11 is 0. The Morgan fingerprint density at radius 1 is 1.19 bits per heavy atom. The molecule has 0 atom stereocenters. The van der Waals surface area contributed by atoms with Crippen molar-refractivity contribution in [2.75, 3.05) is 0 Å². The molecule has 1 rings (SSSR count). The van der Waals surface area contributed by atoms with Gasteiger partial charge in [-0.15, -0.1) is 10.2 Å². The zero-order chi connectivity index (χ0) is 12.8. The molecule has 0 fully saturated rings. The van der Waals surface area contributed by atoms with E-state index in [0.717, 1.165) is 0 Å². The van der Waals surface area contributed by atoms with Crippen molar-refractivity contribution < 1.29 is 33.8 Å². The highest BCUT2D eigenvalue weighted by molar-refractivity contribution is 5.61. The van der Waals surface area contributed by atoms with Crippen molar-refractivity contribution >= 4 is 11.4 Å². The van der Waals surface area contributed by atoms with Gasteiger partial charge in [0.05, 0.1) is 4.92 Å². The molecule has 1 aromatic rings. The first-order valence-corrected chi connectivity index (χ1v) is 4.69. The van der Waals surface area contributed by atoms with Gasteiger partial charge in [-0.3, -0.25) is 10.1 Å². The zero-order valence-corrected chi connectivity index (χ0v) is 8.23. The van der Waals surface area contributed by atoms with Gasteiger partial charge in [-0.1, -0.05) is 12.1 Å². The number of halogens is 1. The summed E-state index contributed by atoms with van der Waals surface area (Å²) in [6.07, 6.45) is 0. The molecule has 0 unspecified atom stereocenters. The summed E-state index contributed by atoms with van der Waals surface area (Å²) in [7, 11) is -4.94. The van der Waals surface area contributed by atoms with E-state index in [1.54, 1.807) is 6.07 Å². The summed E-state index contributed by atoms with van der Waals surface area (Å²) in [4.78, 5) is 12.4. The number of nitrogens with zero attached hydrogens (tertiary/aromatic N) is 3. The van der Waals surface area contributed by atoms with Crippen LogP contribution in [0.25, 0.3) is 4.98 Å². The third-order valence-electron chi connectivity index (χ3n) is 1.19.